The van der Waals surface area contributed by atoms with Crippen molar-refractivity contribution in [2.75, 3.05) is 12.3 Å². The predicted octanol–water partition coefficient (Wildman–Crippen LogP) is 5.54. The van der Waals surface area contributed by atoms with Gasteiger partial charge in [-0.25, -0.2) is 4.39 Å². The minimum atomic E-state index is -0.611. The van der Waals surface area contributed by atoms with Crippen LogP contribution in [0.15, 0.2) is 53.4 Å². The van der Waals surface area contributed by atoms with Gasteiger partial charge in [0.15, 0.2) is 0 Å². The molecule has 0 heterocycles. The van der Waals surface area contributed by atoms with E-state index in [1.165, 1.54) is 12.1 Å². The average Bonchev–Trinajstić information content (AvgIpc) is 2.75. The summed E-state index contributed by atoms with van der Waals surface area (Å²) in [5.41, 5.74) is 0.786. The topological polar surface area (TPSA) is 49.4 Å². The first-order valence-corrected chi connectivity index (χ1v) is 11.8. The van der Waals surface area contributed by atoms with E-state index in [0.717, 1.165) is 16.2 Å². The number of amides is 2. The molecular formula is C24H30ClFN2O2S. The Balaban J connectivity index is 1.97. The molecular weight excluding hydrogens is 435 g/mol. The molecule has 0 spiro atoms. The number of rotatable bonds is 11. The van der Waals surface area contributed by atoms with Gasteiger partial charge < -0.3 is 10.2 Å². The molecule has 2 aromatic carbocycles. The lowest BCUT2D eigenvalue weighted by Gasteiger charge is -2.29. The molecule has 0 radical (unpaired) electrons. The van der Waals surface area contributed by atoms with Crippen molar-refractivity contribution in [1.29, 1.82) is 0 Å². The molecule has 2 rings (SSSR count). The smallest absolute Gasteiger partial charge is 0.242 e. The molecule has 0 aromatic heterocycles. The third kappa shape index (κ3) is 8.91. The second-order valence-electron chi connectivity index (χ2n) is 7.87. The van der Waals surface area contributed by atoms with E-state index in [1.807, 2.05) is 38.1 Å². The summed E-state index contributed by atoms with van der Waals surface area (Å²) in [5, 5.41) is 3.59. The Morgan fingerprint density at radius 2 is 1.71 bits per heavy atom. The Bertz CT molecular complexity index is 844. The van der Waals surface area contributed by atoms with E-state index < -0.39 is 6.04 Å². The number of hydrogen-bond acceptors (Lipinski definition) is 3. The van der Waals surface area contributed by atoms with Crippen LogP contribution in [0.25, 0.3) is 0 Å². The quantitative estimate of drug-likeness (QED) is 0.351. The van der Waals surface area contributed by atoms with Crippen molar-refractivity contribution >= 4 is 35.2 Å². The van der Waals surface area contributed by atoms with Gasteiger partial charge in [0.1, 0.15) is 11.9 Å². The van der Waals surface area contributed by atoms with Gasteiger partial charge in [-0.05, 0) is 67.0 Å². The normalized spacial score (nSPS) is 11.9. The zero-order valence-corrected chi connectivity index (χ0v) is 19.8. The van der Waals surface area contributed by atoms with Crippen molar-refractivity contribution in [2.45, 2.75) is 51.1 Å². The first-order chi connectivity index (χ1) is 14.8. The highest BCUT2D eigenvalue weighted by Crippen LogP contribution is 2.22. The number of hydrogen-bond donors (Lipinski definition) is 1. The summed E-state index contributed by atoms with van der Waals surface area (Å²) in [6, 6.07) is 13.0. The molecule has 2 aromatic rings. The molecule has 31 heavy (non-hydrogen) atoms. The van der Waals surface area contributed by atoms with Gasteiger partial charge in [0.2, 0.25) is 11.8 Å². The molecule has 4 nitrogen and oxygen atoms in total. The summed E-state index contributed by atoms with van der Waals surface area (Å²) in [7, 11) is 0. The van der Waals surface area contributed by atoms with Crippen LogP contribution in [0.2, 0.25) is 5.02 Å². The van der Waals surface area contributed by atoms with Crippen LogP contribution in [0.4, 0.5) is 4.39 Å². The Hall–Kier alpha value is -2.05. The third-order valence-electron chi connectivity index (χ3n) is 4.74. The summed E-state index contributed by atoms with van der Waals surface area (Å²) in [6.07, 6.45) is 1.02. The van der Waals surface area contributed by atoms with Gasteiger partial charge in [0.25, 0.3) is 0 Å². The number of carbonyl (C=O) groups excluding carboxylic acids is 2. The van der Waals surface area contributed by atoms with Gasteiger partial charge in [0, 0.05) is 29.4 Å². The van der Waals surface area contributed by atoms with Crippen LogP contribution in [0.1, 0.15) is 39.2 Å². The van der Waals surface area contributed by atoms with Crippen molar-refractivity contribution in [2.24, 2.45) is 5.92 Å². The molecule has 0 unspecified atom stereocenters. The van der Waals surface area contributed by atoms with Crippen LogP contribution in [0.5, 0.6) is 0 Å². The van der Waals surface area contributed by atoms with Gasteiger partial charge in [0.05, 0.1) is 0 Å². The van der Waals surface area contributed by atoms with Gasteiger partial charge in [-0.15, -0.1) is 11.8 Å². The molecule has 0 fully saturated rings. The standard InChI is InChI=1S/C24H30ClFN2O2S/c1-17(2)15-27-24(30)18(3)28(16-19-6-10-21(26)11-7-19)23(29)5-4-14-31-22-12-8-20(25)9-13-22/h6-13,17-18H,4-5,14-16H2,1-3H3,(H,27,30)/t18-/m1/s1. The van der Waals surface area contributed by atoms with Crippen molar-refractivity contribution in [1.82, 2.24) is 10.2 Å². The minimum absolute atomic E-state index is 0.0896. The lowest BCUT2D eigenvalue weighted by atomic mass is 10.1. The number of thioether (sulfide) groups is 1. The van der Waals surface area contributed by atoms with Crippen LogP contribution in [-0.4, -0.2) is 35.1 Å². The molecule has 168 valence electrons. The maximum atomic E-state index is 13.3. The molecule has 2 amide bonds. The summed E-state index contributed by atoms with van der Waals surface area (Å²) < 4.78 is 13.3. The summed E-state index contributed by atoms with van der Waals surface area (Å²) in [4.78, 5) is 28.3. The van der Waals surface area contributed by atoms with E-state index in [2.05, 4.69) is 5.32 Å². The predicted molar refractivity (Wildman–Crippen MR) is 126 cm³/mol. The fraction of sp³-hybridized carbons (Fsp3) is 0.417. The van der Waals surface area contributed by atoms with Crippen LogP contribution in [0, 0.1) is 11.7 Å². The SMILES string of the molecule is CC(C)CNC(=O)[C@@H](C)N(Cc1ccc(F)cc1)C(=O)CCCSc1ccc(Cl)cc1. The van der Waals surface area contributed by atoms with Crippen LogP contribution >= 0.6 is 23.4 Å². The molecule has 0 aliphatic carbocycles. The molecule has 1 N–H and O–H groups in total. The first-order valence-electron chi connectivity index (χ1n) is 10.5. The van der Waals surface area contributed by atoms with E-state index in [9.17, 15) is 14.0 Å². The van der Waals surface area contributed by atoms with Crippen molar-refractivity contribution < 1.29 is 14.0 Å². The summed E-state index contributed by atoms with van der Waals surface area (Å²) >= 11 is 7.57. The monoisotopic (exact) mass is 464 g/mol. The number of nitrogens with zero attached hydrogens (tertiary/aromatic N) is 1. The largest absolute Gasteiger partial charge is 0.354 e. The van der Waals surface area contributed by atoms with Crippen LogP contribution in [-0.2, 0) is 16.1 Å². The fourth-order valence-electron chi connectivity index (χ4n) is 2.91. The molecule has 0 aliphatic heterocycles. The molecule has 0 bridgehead atoms. The fourth-order valence-corrected chi connectivity index (χ4v) is 3.89. The molecule has 7 heteroatoms. The Morgan fingerprint density at radius 3 is 2.32 bits per heavy atom. The van der Waals surface area contributed by atoms with E-state index in [-0.39, 0.29) is 24.2 Å². The Kier molecular flexibility index (Phi) is 10.3. The average molecular weight is 465 g/mol. The molecule has 0 aliphatic rings. The van der Waals surface area contributed by atoms with Crippen molar-refractivity contribution in [3.63, 3.8) is 0 Å². The van der Waals surface area contributed by atoms with E-state index >= 15 is 0 Å². The Morgan fingerprint density at radius 1 is 1.06 bits per heavy atom. The second kappa shape index (κ2) is 12.7. The van der Waals surface area contributed by atoms with Crippen molar-refractivity contribution in [3.8, 4) is 0 Å². The van der Waals surface area contributed by atoms with Crippen LogP contribution < -0.4 is 5.32 Å². The van der Waals surface area contributed by atoms with Gasteiger partial charge in [-0.2, -0.15) is 0 Å². The van der Waals surface area contributed by atoms with E-state index in [0.29, 0.717) is 30.3 Å². The van der Waals surface area contributed by atoms with Gasteiger partial charge in [-0.1, -0.05) is 37.6 Å². The summed E-state index contributed by atoms with van der Waals surface area (Å²) in [5.74, 6) is 0.505. The zero-order chi connectivity index (χ0) is 22.8. The van der Waals surface area contributed by atoms with Gasteiger partial charge in [-0.3, -0.25) is 9.59 Å². The molecule has 0 saturated heterocycles. The molecule has 1 atom stereocenters. The number of benzene rings is 2. The van der Waals surface area contributed by atoms with E-state index in [4.69, 9.17) is 11.6 Å². The number of carbonyl (C=O) groups is 2. The number of halogens is 2. The maximum Gasteiger partial charge on any atom is 0.242 e. The number of nitrogens with one attached hydrogen (secondary N) is 1. The highest BCUT2D eigenvalue weighted by atomic mass is 35.5. The zero-order valence-electron chi connectivity index (χ0n) is 18.2. The summed E-state index contributed by atoms with van der Waals surface area (Å²) in [6.45, 7) is 6.59. The Labute approximate surface area is 193 Å². The lowest BCUT2D eigenvalue weighted by Crippen LogP contribution is -2.48. The molecule has 0 saturated carbocycles. The third-order valence-corrected chi connectivity index (χ3v) is 6.09. The van der Waals surface area contributed by atoms with Gasteiger partial charge >= 0.3 is 0 Å². The van der Waals surface area contributed by atoms with Crippen LogP contribution in [0.3, 0.4) is 0 Å². The maximum absolute atomic E-state index is 13.3. The highest BCUT2D eigenvalue weighted by molar-refractivity contribution is 7.99. The second-order valence-corrected chi connectivity index (χ2v) is 9.47. The lowest BCUT2D eigenvalue weighted by molar-refractivity contribution is -0.140. The highest BCUT2D eigenvalue weighted by Gasteiger charge is 2.25. The minimum Gasteiger partial charge on any atom is -0.354 e. The first kappa shape index (κ1) is 25.2. The van der Waals surface area contributed by atoms with E-state index in [1.54, 1.807) is 35.7 Å². The van der Waals surface area contributed by atoms with Crippen molar-refractivity contribution in [3.05, 3.63) is 64.9 Å².